The van der Waals surface area contributed by atoms with Crippen LogP contribution < -0.4 is 15.4 Å². The van der Waals surface area contributed by atoms with Crippen molar-refractivity contribution in [2.45, 2.75) is 19.3 Å². The molecule has 0 atom stereocenters. The largest absolute Gasteiger partial charge is 0.435 e. The van der Waals surface area contributed by atoms with Gasteiger partial charge in [-0.25, -0.2) is 23.5 Å². The molecule has 2 aromatic carbocycles. The normalized spacial score (nSPS) is 13.2. The van der Waals surface area contributed by atoms with Gasteiger partial charge in [-0.1, -0.05) is 0 Å². The van der Waals surface area contributed by atoms with Crippen molar-refractivity contribution in [1.82, 2.24) is 19.9 Å². The van der Waals surface area contributed by atoms with Gasteiger partial charge < -0.3 is 15.4 Å². The van der Waals surface area contributed by atoms with Crippen molar-refractivity contribution in [2.24, 2.45) is 0 Å². The molecule has 1 amide bonds. The lowest BCUT2D eigenvalue weighted by Gasteiger charge is -2.12. The molecule has 2 aromatic heterocycles. The molecule has 12 heteroatoms. The van der Waals surface area contributed by atoms with Crippen LogP contribution in [0.1, 0.15) is 16.8 Å². The molecule has 1 aliphatic rings. The van der Waals surface area contributed by atoms with Crippen molar-refractivity contribution in [3.8, 4) is 11.6 Å². The molecule has 0 aliphatic carbocycles. The first-order valence-electron chi connectivity index (χ1n) is 9.91. The Morgan fingerprint density at radius 2 is 1.91 bits per heavy atom. The molecule has 5 rings (SSSR count). The van der Waals surface area contributed by atoms with Crippen LogP contribution in [0.2, 0.25) is 0 Å². The second-order valence-electron chi connectivity index (χ2n) is 7.43. The minimum atomic E-state index is -4.93. The lowest BCUT2D eigenvalue weighted by molar-refractivity contribution is -0.139. The maximum atomic E-state index is 15.1. The van der Waals surface area contributed by atoms with Crippen molar-refractivity contribution in [1.29, 1.82) is 0 Å². The molecular weight excluding hydrogens is 461 g/mol. The first-order valence-corrected chi connectivity index (χ1v) is 9.91. The molecule has 0 saturated carbocycles. The third-order valence-electron chi connectivity index (χ3n) is 5.31. The van der Waals surface area contributed by atoms with Crippen LogP contribution in [-0.2, 0) is 19.3 Å². The van der Waals surface area contributed by atoms with Gasteiger partial charge in [0, 0.05) is 30.4 Å². The van der Waals surface area contributed by atoms with Crippen LogP contribution in [0.5, 0.6) is 11.6 Å². The van der Waals surface area contributed by atoms with Crippen LogP contribution in [0.15, 0.2) is 48.9 Å². The lowest BCUT2D eigenvalue weighted by atomic mass is 10.2. The molecule has 2 N–H and O–H groups in total. The molecule has 3 heterocycles. The topological polar surface area (TPSA) is 81.1 Å². The van der Waals surface area contributed by atoms with E-state index in [1.165, 1.54) is 30.7 Å². The third-order valence-corrected chi connectivity index (χ3v) is 5.31. The predicted octanol–water partition coefficient (Wildman–Crippen LogP) is 5.20. The van der Waals surface area contributed by atoms with Crippen molar-refractivity contribution in [3.05, 3.63) is 77.4 Å². The fourth-order valence-electron chi connectivity index (χ4n) is 3.68. The van der Waals surface area contributed by atoms with Crippen LogP contribution in [0.4, 0.5) is 32.4 Å². The van der Waals surface area contributed by atoms with Crippen LogP contribution in [-0.4, -0.2) is 20.6 Å². The molecule has 0 unspecified atom stereocenters. The summed E-state index contributed by atoms with van der Waals surface area (Å²) >= 11 is 0. The number of nitrogens with zero attached hydrogens (tertiary/aromatic N) is 3. The molecule has 0 bridgehead atoms. The summed E-state index contributed by atoms with van der Waals surface area (Å²) in [6, 6.07) is 5.30. The number of benzene rings is 2. The van der Waals surface area contributed by atoms with Gasteiger partial charge in [0.25, 0.3) is 0 Å². The highest BCUT2D eigenvalue weighted by Gasteiger charge is 2.34. The Labute approximate surface area is 188 Å². The molecule has 0 radical (unpaired) electrons. The van der Waals surface area contributed by atoms with Crippen molar-refractivity contribution in [2.75, 3.05) is 5.32 Å². The van der Waals surface area contributed by atoms with Crippen molar-refractivity contribution < 1.29 is 31.5 Å². The minimum Gasteiger partial charge on any atom is -0.435 e. The summed E-state index contributed by atoms with van der Waals surface area (Å²) in [6.45, 7) is 1.03. The Bertz CT molecular complexity index is 1430. The van der Waals surface area contributed by atoms with Gasteiger partial charge >= 0.3 is 12.2 Å². The number of hydrogen-bond donors (Lipinski definition) is 2. The molecule has 7 nitrogen and oxygen atoms in total. The summed E-state index contributed by atoms with van der Waals surface area (Å²) in [5.74, 6) is -2.12. The number of amides is 1. The minimum absolute atomic E-state index is 0.0477. The molecule has 1 aliphatic heterocycles. The average molecular weight is 475 g/mol. The Kier molecular flexibility index (Phi) is 5.16. The summed E-state index contributed by atoms with van der Waals surface area (Å²) in [7, 11) is 0. The number of nitrogens with one attached hydrogen (secondary N) is 2. The number of halogens is 5. The van der Waals surface area contributed by atoms with E-state index in [1.54, 1.807) is 0 Å². The number of carbonyl (C=O) groups excluding carboxylic acids is 1. The third kappa shape index (κ3) is 3.81. The van der Waals surface area contributed by atoms with Gasteiger partial charge in [0.05, 0.1) is 22.3 Å². The van der Waals surface area contributed by atoms with Gasteiger partial charge in [-0.15, -0.1) is 0 Å². The van der Waals surface area contributed by atoms with Crippen LogP contribution in [0.25, 0.3) is 10.9 Å². The van der Waals surface area contributed by atoms with Gasteiger partial charge in [-0.2, -0.15) is 13.2 Å². The Morgan fingerprint density at radius 1 is 1.09 bits per heavy atom. The number of hydrogen-bond acceptors (Lipinski definition) is 5. The smallest absolute Gasteiger partial charge is 0.419 e. The quantitative estimate of drug-likeness (QED) is 0.398. The molecular formula is C22H14F5N5O2. The SMILES string of the molecule is O=C(Nc1ccc(F)c(C(F)(F)F)c1)n1ccc2c(F)c(Oc3ncnc4c3CNC4)ccc21. The zero-order chi connectivity index (χ0) is 24.0. The van der Waals surface area contributed by atoms with E-state index in [1.807, 2.05) is 0 Å². The van der Waals surface area contributed by atoms with E-state index in [9.17, 15) is 22.4 Å². The van der Waals surface area contributed by atoms with Crippen LogP contribution in [0, 0.1) is 11.6 Å². The molecule has 174 valence electrons. The van der Waals surface area contributed by atoms with E-state index >= 15 is 4.39 Å². The number of anilines is 1. The van der Waals surface area contributed by atoms with Crippen molar-refractivity contribution >= 4 is 22.6 Å². The fraction of sp³-hybridized carbons (Fsp3) is 0.136. The number of fused-ring (bicyclic) bond motifs is 2. The highest BCUT2D eigenvalue weighted by Crippen LogP contribution is 2.34. The summed E-state index contributed by atoms with van der Waals surface area (Å²) < 4.78 is 74.1. The van der Waals surface area contributed by atoms with E-state index in [4.69, 9.17) is 4.74 Å². The molecule has 0 spiro atoms. The van der Waals surface area contributed by atoms with Gasteiger partial charge in [-0.05, 0) is 36.4 Å². The summed E-state index contributed by atoms with van der Waals surface area (Å²) in [5.41, 5.74) is -0.163. The highest BCUT2D eigenvalue weighted by molar-refractivity contribution is 5.99. The number of carbonyl (C=O) groups is 1. The Morgan fingerprint density at radius 3 is 2.71 bits per heavy atom. The van der Waals surface area contributed by atoms with E-state index < -0.39 is 29.4 Å². The molecule has 34 heavy (non-hydrogen) atoms. The van der Waals surface area contributed by atoms with Gasteiger partial charge in [0.1, 0.15) is 12.1 Å². The van der Waals surface area contributed by atoms with E-state index in [2.05, 4.69) is 20.6 Å². The first kappa shape index (κ1) is 21.8. The molecule has 4 aromatic rings. The van der Waals surface area contributed by atoms with Crippen LogP contribution >= 0.6 is 0 Å². The number of rotatable bonds is 3. The second-order valence-corrected chi connectivity index (χ2v) is 7.43. The second kappa shape index (κ2) is 8.06. The standard InChI is InChI=1S/C22H14F5N5O2/c23-15-2-1-11(7-14(15)22(25,26)27)31-21(33)32-6-5-12-17(32)3-4-18(19(12)24)34-20-13-8-28-9-16(13)29-10-30-20/h1-7,10,28H,8-9H2,(H,31,33). The summed E-state index contributed by atoms with van der Waals surface area (Å²) in [5, 5.41) is 5.41. The average Bonchev–Trinajstić information content (AvgIpc) is 3.44. The number of ether oxygens (including phenoxy) is 1. The zero-order valence-electron chi connectivity index (χ0n) is 17.1. The number of alkyl halides is 3. The van der Waals surface area contributed by atoms with E-state index in [0.29, 0.717) is 25.2 Å². The summed E-state index contributed by atoms with van der Waals surface area (Å²) in [6.07, 6.45) is -2.35. The van der Waals surface area contributed by atoms with E-state index in [-0.39, 0.29) is 28.2 Å². The van der Waals surface area contributed by atoms with Gasteiger partial charge in [0.2, 0.25) is 5.88 Å². The summed E-state index contributed by atoms with van der Waals surface area (Å²) in [4.78, 5) is 20.8. The van der Waals surface area contributed by atoms with Gasteiger partial charge in [0.15, 0.2) is 11.6 Å². The molecule has 0 fully saturated rings. The maximum absolute atomic E-state index is 15.1. The number of aromatic nitrogens is 3. The lowest BCUT2D eigenvalue weighted by Crippen LogP contribution is -2.19. The van der Waals surface area contributed by atoms with E-state index in [0.717, 1.165) is 21.9 Å². The van der Waals surface area contributed by atoms with Crippen molar-refractivity contribution in [3.63, 3.8) is 0 Å². The first-order chi connectivity index (χ1) is 16.2. The predicted molar refractivity (Wildman–Crippen MR) is 110 cm³/mol. The zero-order valence-corrected chi connectivity index (χ0v) is 17.1. The highest BCUT2D eigenvalue weighted by atomic mass is 19.4. The monoisotopic (exact) mass is 475 g/mol. The Balaban J connectivity index is 1.42. The Hall–Kier alpha value is -4.06. The fourth-order valence-corrected chi connectivity index (χ4v) is 3.68. The van der Waals surface area contributed by atoms with Crippen LogP contribution in [0.3, 0.4) is 0 Å². The van der Waals surface area contributed by atoms with Gasteiger partial charge in [-0.3, -0.25) is 4.57 Å². The maximum Gasteiger partial charge on any atom is 0.419 e. The molecule has 0 saturated heterocycles.